The van der Waals surface area contributed by atoms with Gasteiger partial charge in [0.05, 0.1) is 17.8 Å². The Morgan fingerprint density at radius 1 is 1.40 bits per heavy atom. The average Bonchev–Trinajstić information content (AvgIpc) is 2.55. The molecule has 2 aromatic rings. The highest BCUT2D eigenvalue weighted by Crippen LogP contribution is 2.29. The number of nitrogens with zero attached hydrogens (tertiary/aromatic N) is 2. The molecule has 1 aromatic carbocycles. The van der Waals surface area contributed by atoms with Crippen molar-refractivity contribution in [3.8, 4) is 5.75 Å². The quantitative estimate of drug-likeness (QED) is 0.802. The molecule has 25 heavy (non-hydrogen) atoms. The molecule has 0 bridgehead atoms. The van der Waals surface area contributed by atoms with Gasteiger partial charge in [-0.05, 0) is 18.1 Å². The van der Waals surface area contributed by atoms with Crippen molar-refractivity contribution in [2.24, 2.45) is 0 Å². The first-order valence-corrected chi connectivity index (χ1v) is 9.92. The molecule has 1 aromatic heterocycles. The summed E-state index contributed by atoms with van der Waals surface area (Å²) in [5.74, 6) is 0.602. The largest absolute Gasteiger partial charge is 0.495 e. The van der Waals surface area contributed by atoms with Crippen molar-refractivity contribution < 1.29 is 13.2 Å². The summed E-state index contributed by atoms with van der Waals surface area (Å²) in [5, 5.41) is 0.254. The smallest absolute Gasteiger partial charge is 0.255 e. The molecule has 3 rings (SSSR count). The number of aromatic amines is 1. The number of benzene rings is 1. The van der Waals surface area contributed by atoms with Crippen LogP contribution in [-0.4, -0.2) is 43.2 Å². The fourth-order valence-electron chi connectivity index (χ4n) is 2.86. The van der Waals surface area contributed by atoms with Crippen LogP contribution in [0.3, 0.4) is 0 Å². The summed E-state index contributed by atoms with van der Waals surface area (Å²) in [4.78, 5) is 20.7. The van der Waals surface area contributed by atoms with E-state index >= 15 is 0 Å². The summed E-state index contributed by atoms with van der Waals surface area (Å²) in [6, 6.07) is 5.56. The number of H-pyrrole nitrogens is 1. The lowest BCUT2D eigenvalue weighted by Gasteiger charge is -2.28. The van der Waals surface area contributed by atoms with E-state index in [4.69, 9.17) is 16.3 Å². The van der Waals surface area contributed by atoms with E-state index in [0.717, 1.165) is 11.8 Å². The highest BCUT2D eigenvalue weighted by molar-refractivity contribution is 7.90. The van der Waals surface area contributed by atoms with Crippen molar-refractivity contribution in [1.29, 1.82) is 0 Å². The topological polar surface area (TPSA) is 92.4 Å². The van der Waals surface area contributed by atoms with Crippen molar-refractivity contribution in [2.45, 2.75) is 24.7 Å². The first-order chi connectivity index (χ1) is 11.8. The Balaban J connectivity index is 1.89. The Hall–Kier alpha value is -1.90. The SMILES string of the molecule is COc1cccc(CN2CCc3c(nc(S(C)(=O)=O)[nH]c3=O)C2)c1Cl. The highest BCUT2D eigenvalue weighted by Gasteiger charge is 2.24. The summed E-state index contributed by atoms with van der Waals surface area (Å²) in [6.07, 6.45) is 1.53. The molecule has 134 valence electrons. The van der Waals surface area contributed by atoms with E-state index in [1.54, 1.807) is 13.2 Å². The van der Waals surface area contributed by atoms with Crippen LogP contribution in [0.5, 0.6) is 5.75 Å². The Morgan fingerprint density at radius 2 is 2.16 bits per heavy atom. The fourth-order valence-corrected chi connectivity index (χ4v) is 3.68. The lowest BCUT2D eigenvalue weighted by molar-refractivity contribution is 0.239. The maximum Gasteiger partial charge on any atom is 0.255 e. The van der Waals surface area contributed by atoms with Gasteiger partial charge in [-0.2, -0.15) is 0 Å². The first kappa shape index (κ1) is 17.9. The number of hydrogen-bond donors (Lipinski definition) is 1. The number of ether oxygens (including phenoxy) is 1. The van der Waals surface area contributed by atoms with Crippen LogP contribution in [-0.2, 0) is 29.3 Å². The number of sulfone groups is 1. The van der Waals surface area contributed by atoms with Crippen LogP contribution in [0.4, 0.5) is 0 Å². The minimum Gasteiger partial charge on any atom is -0.495 e. The molecule has 0 saturated heterocycles. The maximum atomic E-state index is 12.1. The average molecular weight is 384 g/mol. The fraction of sp³-hybridized carbons (Fsp3) is 0.375. The van der Waals surface area contributed by atoms with Crippen molar-refractivity contribution >= 4 is 21.4 Å². The third-order valence-corrected chi connectivity index (χ3v) is 5.46. The van der Waals surface area contributed by atoms with Crippen LogP contribution in [0.15, 0.2) is 28.2 Å². The minimum absolute atomic E-state index is 0.294. The molecule has 0 amide bonds. The van der Waals surface area contributed by atoms with E-state index in [2.05, 4.69) is 14.9 Å². The number of aromatic nitrogens is 2. The van der Waals surface area contributed by atoms with Crippen LogP contribution >= 0.6 is 11.6 Å². The normalized spacial score (nSPS) is 15.0. The van der Waals surface area contributed by atoms with E-state index in [1.165, 1.54) is 0 Å². The van der Waals surface area contributed by atoms with Crippen molar-refractivity contribution in [3.05, 3.63) is 50.4 Å². The third kappa shape index (κ3) is 3.70. The zero-order valence-electron chi connectivity index (χ0n) is 13.9. The summed E-state index contributed by atoms with van der Waals surface area (Å²) in [6.45, 7) is 1.59. The lowest BCUT2D eigenvalue weighted by atomic mass is 10.1. The third-order valence-electron chi connectivity index (χ3n) is 4.14. The molecule has 0 spiro atoms. The van der Waals surface area contributed by atoms with Gasteiger partial charge in [0, 0.05) is 31.5 Å². The van der Waals surface area contributed by atoms with Gasteiger partial charge >= 0.3 is 0 Å². The zero-order valence-corrected chi connectivity index (χ0v) is 15.4. The molecule has 0 aliphatic carbocycles. The molecular formula is C16H18ClN3O4S. The summed E-state index contributed by atoms with van der Waals surface area (Å²) < 4.78 is 28.6. The summed E-state index contributed by atoms with van der Waals surface area (Å²) >= 11 is 6.34. The standard InChI is InChI=1S/C16H18ClN3O4S/c1-24-13-5-3-4-10(14(13)17)8-20-7-6-11-12(9-20)18-16(19-15(11)21)25(2,22)23/h3-5H,6-9H2,1-2H3,(H,18,19,21). The predicted molar refractivity (Wildman–Crippen MR) is 93.8 cm³/mol. The molecule has 1 N–H and O–H groups in total. The second kappa shape index (κ2) is 6.78. The van der Waals surface area contributed by atoms with Crippen LogP contribution in [0.25, 0.3) is 0 Å². The van der Waals surface area contributed by atoms with Gasteiger partial charge in [-0.3, -0.25) is 14.7 Å². The molecule has 9 heteroatoms. The second-order valence-electron chi connectivity index (χ2n) is 5.96. The minimum atomic E-state index is -3.57. The van der Waals surface area contributed by atoms with Crippen LogP contribution in [0, 0.1) is 0 Å². The number of hydrogen-bond acceptors (Lipinski definition) is 6. The molecule has 1 aliphatic heterocycles. The molecular weight excluding hydrogens is 366 g/mol. The number of fused-ring (bicyclic) bond motifs is 1. The Labute approximate surface area is 150 Å². The summed E-state index contributed by atoms with van der Waals surface area (Å²) in [7, 11) is -2.01. The number of rotatable bonds is 4. The van der Waals surface area contributed by atoms with Crippen molar-refractivity contribution in [3.63, 3.8) is 0 Å². The van der Waals surface area contributed by atoms with Gasteiger partial charge in [0.2, 0.25) is 15.0 Å². The van der Waals surface area contributed by atoms with E-state index in [-0.39, 0.29) is 10.7 Å². The molecule has 1 aliphatic rings. The van der Waals surface area contributed by atoms with E-state index in [0.29, 0.717) is 48.1 Å². The Kier molecular flexibility index (Phi) is 4.86. The van der Waals surface area contributed by atoms with E-state index in [9.17, 15) is 13.2 Å². The van der Waals surface area contributed by atoms with E-state index in [1.807, 2.05) is 12.1 Å². The second-order valence-corrected chi connectivity index (χ2v) is 8.27. The van der Waals surface area contributed by atoms with Gasteiger partial charge < -0.3 is 4.74 Å². The molecule has 2 heterocycles. The Bertz CT molecular complexity index is 972. The lowest BCUT2D eigenvalue weighted by Crippen LogP contribution is -2.35. The van der Waals surface area contributed by atoms with Crippen LogP contribution < -0.4 is 10.3 Å². The monoisotopic (exact) mass is 383 g/mol. The number of methoxy groups -OCH3 is 1. The highest BCUT2D eigenvalue weighted by atomic mass is 35.5. The predicted octanol–water partition coefficient (Wildman–Crippen LogP) is 1.39. The molecule has 0 saturated carbocycles. The van der Waals surface area contributed by atoms with Gasteiger partial charge in [0.15, 0.2) is 0 Å². The van der Waals surface area contributed by atoms with Gasteiger partial charge in [-0.1, -0.05) is 23.7 Å². The van der Waals surface area contributed by atoms with Crippen molar-refractivity contribution in [2.75, 3.05) is 19.9 Å². The molecule has 7 nitrogen and oxygen atoms in total. The maximum absolute atomic E-state index is 12.1. The van der Waals surface area contributed by atoms with E-state index < -0.39 is 9.84 Å². The Morgan fingerprint density at radius 3 is 2.84 bits per heavy atom. The van der Waals surface area contributed by atoms with Crippen molar-refractivity contribution in [1.82, 2.24) is 14.9 Å². The van der Waals surface area contributed by atoms with Gasteiger partial charge in [0.25, 0.3) is 5.56 Å². The van der Waals surface area contributed by atoms with Gasteiger partial charge in [-0.15, -0.1) is 0 Å². The van der Waals surface area contributed by atoms with Crippen LogP contribution in [0.2, 0.25) is 5.02 Å². The van der Waals surface area contributed by atoms with Crippen LogP contribution in [0.1, 0.15) is 16.8 Å². The first-order valence-electron chi connectivity index (χ1n) is 7.65. The molecule has 0 fully saturated rings. The van der Waals surface area contributed by atoms with Gasteiger partial charge in [-0.25, -0.2) is 13.4 Å². The molecule has 0 radical (unpaired) electrons. The molecule has 0 unspecified atom stereocenters. The number of nitrogens with one attached hydrogen (secondary N) is 1. The summed E-state index contributed by atoms with van der Waals surface area (Å²) in [5.41, 5.74) is 1.55. The number of halogens is 1. The van der Waals surface area contributed by atoms with Gasteiger partial charge in [0.1, 0.15) is 5.75 Å². The zero-order chi connectivity index (χ0) is 18.2. The molecule has 0 atom stereocenters.